The molecule has 0 saturated heterocycles. The van der Waals surface area contributed by atoms with Crippen LogP contribution in [0.5, 0.6) is 0 Å². The molecule has 0 radical (unpaired) electrons. The van der Waals surface area contributed by atoms with Gasteiger partial charge >= 0.3 is 0 Å². The van der Waals surface area contributed by atoms with E-state index in [1.54, 1.807) is 0 Å². The highest BCUT2D eigenvalue weighted by Crippen LogP contribution is 2.41. The molecule has 0 unspecified atom stereocenters. The number of fused-ring (bicyclic) bond motifs is 10. The first-order valence-corrected chi connectivity index (χ1v) is 10.3. The monoisotopic (exact) mass is 386 g/mol. The molecule has 0 aliphatic carbocycles. The topological polar surface area (TPSA) is 26.3 Å². The third-order valence-corrected chi connectivity index (χ3v) is 6.33. The van der Waals surface area contributed by atoms with Crippen LogP contribution in [0.2, 0.25) is 0 Å². The van der Waals surface area contributed by atoms with Gasteiger partial charge in [0.15, 0.2) is 0 Å². The second-order valence-electron chi connectivity index (χ2n) is 8.38. The highest BCUT2D eigenvalue weighted by molar-refractivity contribution is 6.25. The van der Waals surface area contributed by atoms with Crippen LogP contribution in [0.4, 0.5) is 0 Å². The Bertz CT molecular complexity index is 1680. The molecule has 0 aliphatic heterocycles. The van der Waals surface area contributed by atoms with Crippen molar-refractivity contribution in [1.29, 1.82) is 0 Å². The first-order valence-electron chi connectivity index (χ1n) is 10.3. The molecule has 0 spiro atoms. The molecule has 7 rings (SSSR count). The molecule has 0 aliphatic rings. The normalized spacial score (nSPS) is 12.3. The SMILES string of the molecule is Cc1ccc2c(ccc3oc4cc5c(cc4c32)oc2ccc3cc(C)ccc3c25)c1. The lowest BCUT2D eigenvalue weighted by Gasteiger charge is -2.01. The van der Waals surface area contributed by atoms with E-state index in [0.29, 0.717) is 0 Å². The van der Waals surface area contributed by atoms with Gasteiger partial charge < -0.3 is 8.83 Å². The Balaban J connectivity index is 1.66. The average molecular weight is 386 g/mol. The van der Waals surface area contributed by atoms with E-state index < -0.39 is 0 Å². The van der Waals surface area contributed by atoms with Crippen LogP contribution in [0.25, 0.3) is 65.4 Å². The smallest absolute Gasteiger partial charge is 0.136 e. The molecule has 2 heterocycles. The Morgan fingerprint density at radius 2 is 0.900 bits per heavy atom. The Hall–Kier alpha value is -3.78. The van der Waals surface area contributed by atoms with Crippen LogP contribution in [-0.4, -0.2) is 0 Å². The van der Waals surface area contributed by atoms with Gasteiger partial charge in [-0.25, -0.2) is 0 Å². The Morgan fingerprint density at radius 3 is 1.37 bits per heavy atom. The second kappa shape index (κ2) is 5.43. The lowest BCUT2D eigenvalue weighted by molar-refractivity contribution is 0.664. The average Bonchev–Trinajstić information content (AvgIpc) is 3.29. The summed E-state index contributed by atoms with van der Waals surface area (Å²) in [5, 5.41) is 9.42. The van der Waals surface area contributed by atoms with Crippen LogP contribution in [0.15, 0.2) is 81.6 Å². The highest BCUT2D eigenvalue weighted by Gasteiger charge is 2.16. The molecule has 142 valence electrons. The van der Waals surface area contributed by atoms with Crippen LogP contribution >= 0.6 is 0 Å². The predicted molar refractivity (Wildman–Crippen MR) is 125 cm³/mol. The van der Waals surface area contributed by atoms with Crippen molar-refractivity contribution >= 4 is 65.4 Å². The maximum atomic E-state index is 6.31. The van der Waals surface area contributed by atoms with Crippen molar-refractivity contribution in [2.24, 2.45) is 0 Å². The summed E-state index contributed by atoms with van der Waals surface area (Å²) in [6, 6.07) is 25.9. The minimum atomic E-state index is 0.900. The Morgan fingerprint density at radius 1 is 0.433 bits per heavy atom. The van der Waals surface area contributed by atoms with Crippen LogP contribution in [-0.2, 0) is 0 Å². The fraction of sp³-hybridized carbons (Fsp3) is 0.0714. The number of aryl methyl sites for hydroxylation is 2. The minimum absolute atomic E-state index is 0.900. The second-order valence-corrected chi connectivity index (χ2v) is 8.38. The fourth-order valence-electron chi connectivity index (χ4n) is 4.94. The number of benzene rings is 5. The van der Waals surface area contributed by atoms with E-state index in [1.807, 2.05) is 0 Å². The summed E-state index contributed by atoms with van der Waals surface area (Å²) in [5.74, 6) is 0. The standard InChI is InChI=1S/C28H18O2/c1-15-3-7-19-17(11-15)5-9-23-27(19)21-13-26-22(14-25(21)29-23)28-20-8-4-16(2)12-18(20)6-10-24(28)30-26/h3-14H,1-2H3. The maximum absolute atomic E-state index is 6.31. The summed E-state index contributed by atoms with van der Waals surface area (Å²) in [6.45, 7) is 4.25. The molecule has 0 saturated carbocycles. The van der Waals surface area contributed by atoms with Gasteiger partial charge in [0.2, 0.25) is 0 Å². The number of rotatable bonds is 0. The molecule has 2 heteroatoms. The molecular weight excluding hydrogens is 368 g/mol. The summed E-state index contributed by atoms with van der Waals surface area (Å²) >= 11 is 0. The molecule has 2 aromatic heterocycles. The zero-order chi connectivity index (χ0) is 20.0. The number of hydrogen-bond donors (Lipinski definition) is 0. The van der Waals surface area contributed by atoms with Gasteiger partial charge in [0, 0.05) is 21.5 Å². The molecule has 0 bridgehead atoms. The van der Waals surface area contributed by atoms with Gasteiger partial charge in [-0.1, -0.05) is 59.7 Å². The van der Waals surface area contributed by atoms with Crippen molar-refractivity contribution in [3.63, 3.8) is 0 Å². The first-order chi connectivity index (χ1) is 14.7. The number of furan rings is 2. The van der Waals surface area contributed by atoms with Gasteiger partial charge in [-0.15, -0.1) is 0 Å². The lowest BCUT2D eigenvalue weighted by Crippen LogP contribution is -1.77. The molecule has 30 heavy (non-hydrogen) atoms. The summed E-state index contributed by atoms with van der Waals surface area (Å²) in [6.07, 6.45) is 0. The van der Waals surface area contributed by atoms with Gasteiger partial charge in [-0.2, -0.15) is 0 Å². The zero-order valence-corrected chi connectivity index (χ0v) is 16.7. The van der Waals surface area contributed by atoms with Gasteiger partial charge in [-0.05, 0) is 59.7 Å². The Kier molecular flexibility index (Phi) is 2.91. The third kappa shape index (κ3) is 2.03. The third-order valence-electron chi connectivity index (χ3n) is 6.33. The molecule has 7 aromatic rings. The molecule has 5 aromatic carbocycles. The summed E-state index contributed by atoms with van der Waals surface area (Å²) in [4.78, 5) is 0. The quantitative estimate of drug-likeness (QED) is 0.261. The van der Waals surface area contributed by atoms with Crippen LogP contribution < -0.4 is 0 Å². The van der Waals surface area contributed by atoms with Crippen molar-refractivity contribution in [2.75, 3.05) is 0 Å². The largest absolute Gasteiger partial charge is 0.456 e. The van der Waals surface area contributed by atoms with E-state index >= 15 is 0 Å². The fourth-order valence-corrected chi connectivity index (χ4v) is 4.94. The van der Waals surface area contributed by atoms with E-state index in [4.69, 9.17) is 8.83 Å². The summed E-state index contributed by atoms with van der Waals surface area (Å²) in [7, 11) is 0. The van der Waals surface area contributed by atoms with Crippen molar-refractivity contribution in [2.45, 2.75) is 13.8 Å². The molecule has 0 amide bonds. The van der Waals surface area contributed by atoms with Crippen LogP contribution in [0, 0.1) is 13.8 Å². The van der Waals surface area contributed by atoms with E-state index in [2.05, 4.69) is 86.6 Å². The predicted octanol–water partition coefficient (Wildman–Crippen LogP) is 8.41. The van der Waals surface area contributed by atoms with E-state index in [-0.39, 0.29) is 0 Å². The maximum Gasteiger partial charge on any atom is 0.136 e. The first kappa shape index (κ1) is 16.1. The zero-order valence-electron chi connectivity index (χ0n) is 16.7. The van der Waals surface area contributed by atoms with Gasteiger partial charge in [0.05, 0.1) is 0 Å². The summed E-state index contributed by atoms with van der Waals surface area (Å²) < 4.78 is 12.6. The molecular formula is C28H18O2. The minimum Gasteiger partial charge on any atom is -0.456 e. The van der Waals surface area contributed by atoms with Gasteiger partial charge in [-0.3, -0.25) is 0 Å². The highest BCUT2D eigenvalue weighted by atomic mass is 16.3. The van der Waals surface area contributed by atoms with Gasteiger partial charge in [0.1, 0.15) is 22.3 Å². The van der Waals surface area contributed by atoms with E-state index in [0.717, 1.165) is 43.9 Å². The number of hydrogen-bond acceptors (Lipinski definition) is 2. The van der Waals surface area contributed by atoms with Crippen LogP contribution in [0.1, 0.15) is 11.1 Å². The van der Waals surface area contributed by atoms with Crippen molar-refractivity contribution in [1.82, 2.24) is 0 Å². The van der Waals surface area contributed by atoms with Crippen molar-refractivity contribution in [3.8, 4) is 0 Å². The Labute approximate surface area is 172 Å². The van der Waals surface area contributed by atoms with E-state index in [1.165, 1.54) is 32.7 Å². The lowest BCUT2D eigenvalue weighted by atomic mass is 10.00. The van der Waals surface area contributed by atoms with Crippen molar-refractivity contribution < 1.29 is 8.83 Å². The van der Waals surface area contributed by atoms with Gasteiger partial charge in [0.25, 0.3) is 0 Å². The molecule has 0 atom stereocenters. The van der Waals surface area contributed by atoms with E-state index in [9.17, 15) is 0 Å². The molecule has 0 fully saturated rings. The molecule has 2 nitrogen and oxygen atoms in total. The summed E-state index contributed by atoms with van der Waals surface area (Å²) in [5.41, 5.74) is 6.15. The van der Waals surface area contributed by atoms with Crippen molar-refractivity contribution in [3.05, 3.63) is 83.9 Å². The van der Waals surface area contributed by atoms with Crippen LogP contribution in [0.3, 0.4) is 0 Å². The molecule has 0 N–H and O–H groups in total.